The summed E-state index contributed by atoms with van der Waals surface area (Å²) in [5.41, 5.74) is -1.84. The van der Waals surface area contributed by atoms with Gasteiger partial charge in [-0.3, -0.25) is 4.79 Å². The maximum Gasteiger partial charge on any atom is 0.419 e. The van der Waals surface area contributed by atoms with Crippen molar-refractivity contribution >= 4 is 5.91 Å². The Hall–Kier alpha value is -2.23. The Balaban J connectivity index is 2.08. The van der Waals surface area contributed by atoms with E-state index in [1.54, 1.807) is 0 Å². The van der Waals surface area contributed by atoms with Gasteiger partial charge >= 0.3 is 6.18 Å². The van der Waals surface area contributed by atoms with Gasteiger partial charge in [0.2, 0.25) is 0 Å². The van der Waals surface area contributed by atoms with Gasteiger partial charge in [0.25, 0.3) is 5.91 Å². The summed E-state index contributed by atoms with van der Waals surface area (Å²) >= 11 is 0. The van der Waals surface area contributed by atoms with E-state index in [-0.39, 0.29) is 0 Å². The molecule has 1 N–H and O–H groups in total. The molecule has 1 aliphatic rings. The van der Waals surface area contributed by atoms with Crippen molar-refractivity contribution in [3.63, 3.8) is 0 Å². The standard InChI is InChI=1S/C15H15F3N2O2/c1-10(13(21)20-14(9-19)7-4-8-14)22-12-6-3-2-5-11(12)15(16,17)18/h2-3,5-6,10H,4,7-8H2,1H3,(H,20,21)/t10-/m0/s1. The van der Waals surface area contributed by atoms with E-state index in [0.717, 1.165) is 18.6 Å². The van der Waals surface area contributed by atoms with Gasteiger partial charge < -0.3 is 10.1 Å². The maximum atomic E-state index is 12.9. The van der Waals surface area contributed by atoms with Crippen LogP contribution < -0.4 is 10.1 Å². The summed E-state index contributed by atoms with van der Waals surface area (Å²) in [5.74, 6) is -1.00. The number of alkyl halides is 3. The Bertz CT molecular complexity index is 604. The van der Waals surface area contributed by atoms with E-state index in [0.29, 0.717) is 12.8 Å². The summed E-state index contributed by atoms with van der Waals surface area (Å²) in [7, 11) is 0. The van der Waals surface area contributed by atoms with E-state index in [9.17, 15) is 18.0 Å². The minimum absolute atomic E-state index is 0.405. The molecule has 0 radical (unpaired) electrons. The molecule has 1 atom stereocenters. The summed E-state index contributed by atoms with van der Waals surface area (Å²) in [5, 5.41) is 11.6. The van der Waals surface area contributed by atoms with E-state index >= 15 is 0 Å². The number of benzene rings is 1. The third kappa shape index (κ3) is 3.32. The number of carbonyl (C=O) groups excluding carboxylic acids is 1. The molecule has 0 spiro atoms. The first-order chi connectivity index (χ1) is 10.3. The number of rotatable bonds is 4. The first kappa shape index (κ1) is 16.1. The van der Waals surface area contributed by atoms with Gasteiger partial charge in [-0.1, -0.05) is 12.1 Å². The molecule has 1 saturated carbocycles. The molecule has 0 aliphatic heterocycles. The number of hydrogen-bond donors (Lipinski definition) is 1. The largest absolute Gasteiger partial charge is 0.480 e. The first-order valence-corrected chi connectivity index (χ1v) is 6.83. The number of halogens is 3. The second-order valence-electron chi connectivity index (χ2n) is 5.29. The van der Waals surface area contributed by atoms with Crippen LogP contribution in [0.5, 0.6) is 5.75 Å². The van der Waals surface area contributed by atoms with Gasteiger partial charge in [0.05, 0.1) is 11.6 Å². The number of nitriles is 1. The van der Waals surface area contributed by atoms with Crippen LogP contribution in [-0.4, -0.2) is 17.6 Å². The first-order valence-electron chi connectivity index (χ1n) is 6.83. The van der Waals surface area contributed by atoms with Gasteiger partial charge in [-0.25, -0.2) is 0 Å². The highest BCUT2D eigenvalue weighted by atomic mass is 19.4. The molecule has 0 saturated heterocycles. The fourth-order valence-electron chi connectivity index (χ4n) is 2.18. The van der Waals surface area contributed by atoms with E-state index in [2.05, 4.69) is 5.32 Å². The molecule has 0 heterocycles. The highest BCUT2D eigenvalue weighted by molar-refractivity contribution is 5.82. The average Bonchev–Trinajstić information content (AvgIpc) is 2.42. The van der Waals surface area contributed by atoms with Crippen molar-refractivity contribution in [2.45, 2.75) is 44.0 Å². The number of para-hydroxylation sites is 1. The maximum absolute atomic E-state index is 12.9. The van der Waals surface area contributed by atoms with Crippen LogP contribution in [0.2, 0.25) is 0 Å². The molecule has 22 heavy (non-hydrogen) atoms. The Labute approximate surface area is 125 Å². The van der Waals surface area contributed by atoms with E-state index < -0.39 is 35.0 Å². The van der Waals surface area contributed by atoms with E-state index in [4.69, 9.17) is 10.00 Å². The average molecular weight is 312 g/mol. The SMILES string of the molecule is C[C@H](Oc1ccccc1C(F)(F)F)C(=O)NC1(C#N)CCC1. The van der Waals surface area contributed by atoms with Crippen LogP contribution in [0, 0.1) is 11.3 Å². The number of hydrogen-bond acceptors (Lipinski definition) is 3. The zero-order valence-corrected chi connectivity index (χ0v) is 11.9. The minimum atomic E-state index is -4.56. The summed E-state index contributed by atoms with van der Waals surface area (Å²) in [4.78, 5) is 12.0. The Morgan fingerprint density at radius 1 is 1.41 bits per heavy atom. The molecule has 0 bridgehead atoms. The summed E-state index contributed by atoms with van der Waals surface area (Å²) in [6.45, 7) is 1.35. The molecule has 1 amide bonds. The predicted octanol–water partition coefficient (Wildman–Crippen LogP) is 3.04. The summed E-state index contributed by atoms with van der Waals surface area (Å²) in [6, 6.07) is 6.74. The van der Waals surface area contributed by atoms with Crippen molar-refractivity contribution in [1.82, 2.24) is 5.32 Å². The molecule has 4 nitrogen and oxygen atoms in total. The molecule has 7 heteroatoms. The van der Waals surface area contributed by atoms with Crippen molar-refractivity contribution in [2.24, 2.45) is 0 Å². The molecule has 1 aliphatic carbocycles. The lowest BCUT2D eigenvalue weighted by Gasteiger charge is -2.36. The van der Waals surface area contributed by atoms with Crippen molar-refractivity contribution in [1.29, 1.82) is 5.26 Å². The Kier molecular flexibility index (Phi) is 4.31. The normalized spacial score (nSPS) is 17.8. The van der Waals surface area contributed by atoms with Gasteiger partial charge in [0.1, 0.15) is 11.3 Å². The number of amides is 1. The lowest BCUT2D eigenvalue weighted by atomic mass is 9.78. The van der Waals surface area contributed by atoms with Crippen LogP contribution in [0.3, 0.4) is 0 Å². The number of ether oxygens (including phenoxy) is 1. The number of nitrogens with one attached hydrogen (secondary N) is 1. The third-order valence-electron chi connectivity index (χ3n) is 3.65. The third-order valence-corrected chi connectivity index (χ3v) is 3.65. The van der Waals surface area contributed by atoms with Crippen LogP contribution in [0.25, 0.3) is 0 Å². The van der Waals surface area contributed by atoms with Crippen LogP contribution in [-0.2, 0) is 11.0 Å². The zero-order chi connectivity index (χ0) is 16.4. The Morgan fingerprint density at radius 2 is 2.05 bits per heavy atom. The topological polar surface area (TPSA) is 62.1 Å². The van der Waals surface area contributed by atoms with Crippen molar-refractivity contribution in [2.75, 3.05) is 0 Å². The minimum Gasteiger partial charge on any atom is -0.480 e. The molecule has 118 valence electrons. The Morgan fingerprint density at radius 3 is 2.55 bits per heavy atom. The lowest BCUT2D eigenvalue weighted by molar-refractivity contribution is -0.141. The van der Waals surface area contributed by atoms with Crippen molar-refractivity contribution in [3.05, 3.63) is 29.8 Å². The number of nitrogens with zero attached hydrogens (tertiary/aromatic N) is 1. The predicted molar refractivity (Wildman–Crippen MR) is 71.9 cm³/mol. The molecule has 1 fully saturated rings. The second kappa shape index (κ2) is 5.87. The van der Waals surface area contributed by atoms with Gasteiger partial charge in [0, 0.05) is 0 Å². The van der Waals surface area contributed by atoms with Crippen molar-refractivity contribution < 1.29 is 22.7 Å². The molecule has 1 aromatic rings. The number of carbonyl (C=O) groups is 1. The highest BCUT2D eigenvalue weighted by Crippen LogP contribution is 2.36. The van der Waals surface area contributed by atoms with Gasteiger partial charge in [-0.15, -0.1) is 0 Å². The van der Waals surface area contributed by atoms with E-state index in [1.165, 1.54) is 19.1 Å². The lowest BCUT2D eigenvalue weighted by Crippen LogP contribution is -2.55. The smallest absolute Gasteiger partial charge is 0.419 e. The molecule has 0 aromatic heterocycles. The monoisotopic (exact) mass is 312 g/mol. The molecule has 2 rings (SSSR count). The van der Waals surface area contributed by atoms with E-state index in [1.807, 2.05) is 6.07 Å². The van der Waals surface area contributed by atoms with Crippen LogP contribution in [0.1, 0.15) is 31.7 Å². The molecule has 1 aromatic carbocycles. The van der Waals surface area contributed by atoms with Gasteiger partial charge in [-0.2, -0.15) is 18.4 Å². The molecule has 0 unspecified atom stereocenters. The fraction of sp³-hybridized carbons (Fsp3) is 0.467. The van der Waals surface area contributed by atoms with Gasteiger partial charge in [-0.05, 0) is 38.3 Å². The van der Waals surface area contributed by atoms with Gasteiger partial charge in [0.15, 0.2) is 6.10 Å². The fourth-order valence-corrected chi connectivity index (χ4v) is 2.18. The van der Waals surface area contributed by atoms with Crippen molar-refractivity contribution in [3.8, 4) is 11.8 Å². The second-order valence-corrected chi connectivity index (χ2v) is 5.29. The quantitative estimate of drug-likeness (QED) is 0.929. The summed E-state index contributed by atoms with van der Waals surface area (Å²) in [6.07, 6.45) is -3.77. The van der Waals surface area contributed by atoms with Crippen LogP contribution in [0.4, 0.5) is 13.2 Å². The summed E-state index contributed by atoms with van der Waals surface area (Å²) < 4.78 is 43.7. The zero-order valence-electron chi connectivity index (χ0n) is 11.9. The van der Waals surface area contributed by atoms with Crippen LogP contribution in [0.15, 0.2) is 24.3 Å². The van der Waals surface area contributed by atoms with Crippen LogP contribution >= 0.6 is 0 Å². The molecular formula is C15H15F3N2O2. The molecular weight excluding hydrogens is 297 g/mol. The highest BCUT2D eigenvalue weighted by Gasteiger charge is 2.40.